The van der Waals surface area contributed by atoms with Crippen LogP contribution in [0.4, 0.5) is 0 Å². The second kappa shape index (κ2) is 27.9. The number of nitrogens with zero attached hydrogens (tertiary/aromatic N) is 4. The first-order chi connectivity index (χ1) is 36.0. The summed E-state index contributed by atoms with van der Waals surface area (Å²) >= 11 is 0. The van der Waals surface area contributed by atoms with E-state index >= 15 is 0 Å². The largest absolute Gasteiger partial charge is 0.343 e. The van der Waals surface area contributed by atoms with E-state index in [9.17, 15) is 38.4 Å². The number of carbonyl (C=O) groups excluding carboxylic acids is 8. The van der Waals surface area contributed by atoms with Gasteiger partial charge in [0.15, 0.2) is 0 Å². The zero-order valence-corrected chi connectivity index (χ0v) is 46.5. The molecule has 0 saturated carbocycles. The maximum Gasteiger partial charge on any atom is 0.251 e. The lowest BCUT2D eigenvalue weighted by molar-refractivity contribution is -0.142. The van der Waals surface area contributed by atoms with Crippen LogP contribution in [0.3, 0.4) is 0 Å². The zero-order chi connectivity index (χ0) is 55.7. The highest BCUT2D eigenvalue weighted by Crippen LogP contribution is 2.28. The number of benzene rings is 3. The number of carbonyl (C=O) groups is 8. The van der Waals surface area contributed by atoms with Crippen LogP contribution in [0.5, 0.6) is 0 Å². The number of hydrogen-bond donors (Lipinski definition) is 6. The molecule has 18 heteroatoms. The summed E-state index contributed by atoms with van der Waals surface area (Å²) in [6, 6.07) is 22.3. The third kappa shape index (κ3) is 17.2. The van der Waals surface area contributed by atoms with Gasteiger partial charge in [-0.1, -0.05) is 108 Å². The second-order valence-electron chi connectivity index (χ2n) is 22.4. The van der Waals surface area contributed by atoms with Crippen LogP contribution in [0.1, 0.15) is 113 Å². The minimum atomic E-state index is -0.795. The van der Waals surface area contributed by atoms with Crippen LogP contribution in [-0.4, -0.2) is 170 Å². The molecule has 414 valence electrons. The van der Waals surface area contributed by atoms with E-state index in [1.165, 1.54) is 18.2 Å². The predicted octanol–water partition coefficient (Wildman–Crippen LogP) is 3.55. The molecular formula is C58H84N10O8. The number of hydrogen-bond acceptors (Lipinski definition) is 10. The van der Waals surface area contributed by atoms with E-state index in [-0.39, 0.29) is 84.8 Å². The van der Waals surface area contributed by atoms with E-state index in [0.29, 0.717) is 51.9 Å². The molecule has 3 aromatic carbocycles. The van der Waals surface area contributed by atoms with Crippen LogP contribution in [0.25, 0.3) is 0 Å². The molecule has 2 heterocycles. The van der Waals surface area contributed by atoms with Crippen molar-refractivity contribution >= 4 is 47.3 Å². The number of rotatable bonds is 24. The Morgan fingerprint density at radius 1 is 0.553 bits per heavy atom. The lowest BCUT2D eigenvalue weighted by Crippen LogP contribution is -2.59. The van der Waals surface area contributed by atoms with Gasteiger partial charge in [-0.15, -0.1) is 0 Å². The van der Waals surface area contributed by atoms with E-state index in [1.54, 1.807) is 53.6 Å². The van der Waals surface area contributed by atoms with Gasteiger partial charge in [-0.3, -0.25) is 38.4 Å². The first-order valence-corrected chi connectivity index (χ1v) is 26.9. The number of amides is 8. The second-order valence-corrected chi connectivity index (χ2v) is 22.4. The van der Waals surface area contributed by atoms with E-state index in [4.69, 9.17) is 0 Å². The molecule has 0 unspecified atom stereocenters. The Hall–Kier alpha value is -6.66. The summed E-state index contributed by atoms with van der Waals surface area (Å²) in [6.45, 7) is 16.3. The highest BCUT2D eigenvalue weighted by Gasteiger charge is 2.42. The quantitative estimate of drug-likeness (QED) is 0.0767. The SMILES string of the molecule is CN[C@@H](C)C(=O)N[C@H](C(=O)N1CCC[C@H]1CN(CCc1ccccc1)C(=O)CNC(=O)c1cccc(C(=O)NCC(=O)N(CCc2ccccc2)C[C@@H]2CCCN2C(=O)[C@@H](NC(=O)[C@H](C)NC)C(C)(C)C)c1)C(C)(C)C. The monoisotopic (exact) mass is 1050 g/mol. The normalized spacial score (nSPS) is 17.2. The molecule has 2 aliphatic heterocycles. The summed E-state index contributed by atoms with van der Waals surface area (Å²) in [4.78, 5) is 117. The minimum absolute atomic E-state index is 0.138. The van der Waals surface area contributed by atoms with Crippen molar-refractivity contribution in [2.24, 2.45) is 10.8 Å². The van der Waals surface area contributed by atoms with E-state index in [0.717, 1.165) is 24.0 Å². The highest BCUT2D eigenvalue weighted by molar-refractivity contribution is 6.01. The van der Waals surface area contributed by atoms with Crippen LogP contribution in [0, 0.1) is 10.8 Å². The van der Waals surface area contributed by atoms with Gasteiger partial charge in [0.2, 0.25) is 35.4 Å². The van der Waals surface area contributed by atoms with Gasteiger partial charge in [-0.25, -0.2) is 0 Å². The number of likely N-dealkylation sites (tertiary alicyclic amines) is 2. The van der Waals surface area contributed by atoms with Crippen molar-refractivity contribution in [1.29, 1.82) is 0 Å². The predicted molar refractivity (Wildman–Crippen MR) is 294 cm³/mol. The molecule has 3 aromatic rings. The van der Waals surface area contributed by atoms with Crippen molar-refractivity contribution in [3.05, 3.63) is 107 Å². The van der Waals surface area contributed by atoms with Crippen LogP contribution >= 0.6 is 0 Å². The molecular weight excluding hydrogens is 965 g/mol. The van der Waals surface area contributed by atoms with Gasteiger partial charge in [0.1, 0.15) is 12.1 Å². The average Bonchev–Trinajstić information content (AvgIpc) is 4.09. The molecule has 2 aliphatic rings. The van der Waals surface area contributed by atoms with Gasteiger partial charge in [0.05, 0.1) is 25.2 Å². The molecule has 6 atom stereocenters. The van der Waals surface area contributed by atoms with Crippen molar-refractivity contribution < 1.29 is 38.4 Å². The Balaban J connectivity index is 1.25. The van der Waals surface area contributed by atoms with Crippen molar-refractivity contribution in [3.8, 4) is 0 Å². The summed E-state index contributed by atoms with van der Waals surface area (Å²) < 4.78 is 0. The average molecular weight is 1050 g/mol. The molecule has 18 nitrogen and oxygen atoms in total. The number of nitrogens with one attached hydrogen (secondary N) is 6. The number of likely N-dealkylation sites (N-methyl/N-ethyl adjacent to an activating group) is 2. The van der Waals surface area contributed by atoms with Gasteiger partial charge in [-0.2, -0.15) is 0 Å². The third-order valence-corrected chi connectivity index (χ3v) is 14.6. The maximum atomic E-state index is 14.3. The van der Waals surface area contributed by atoms with Crippen LogP contribution in [0.2, 0.25) is 0 Å². The standard InChI is InChI=1S/C58H84N10O8/c1-39(59-9)51(71)63-49(57(3,4)5)55(75)67-30-18-26-45(67)37-65(32-28-41-20-13-11-14-21-41)47(69)35-61-53(73)43-24-17-25-44(34-43)54(74)62-36-48(70)66(33-29-42-22-15-12-16-23-42)38-46-27-19-31-68(46)56(76)50(58(6,7)8)64-52(72)40(2)60-10/h11-17,20-25,34,39-40,45-46,49-50,59-60H,18-19,26-33,35-38H2,1-10H3,(H,61,73)(H,62,74)(H,63,71)(H,64,72)/t39-,40-,45-,46-,49+,50+/m0/s1. The highest BCUT2D eigenvalue weighted by atomic mass is 16.2. The van der Waals surface area contributed by atoms with Gasteiger partial charge in [0, 0.05) is 62.5 Å². The van der Waals surface area contributed by atoms with Gasteiger partial charge >= 0.3 is 0 Å². The summed E-state index contributed by atoms with van der Waals surface area (Å²) in [6.07, 6.45) is 3.87. The Kier molecular flexibility index (Phi) is 22.1. The van der Waals surface area contributed by atoms with Crippen molar-refractivity contribution in [3.63, 3.8) is 0 Å². The Morgan fingerprint density at radius 3 is 1.26 bits per heavy atom. The lowest BCUT2D eigenvalue weighted by Gasteiger charge is -2.37. The molecule has 0 bridgehead atoms. The van der Waals surface area contributed by atoms with Crippen molar-refractivity contribution in [2.75, 3.05) is 66.5 Å². The Labute approximate surface area is 450 Å². The van der Waals surface area contributed by atoms with Crippen LogP contribution < -0.4 is 31.9 Å². The van der Waals surface area contributed by atoms with E-state index in [2.05, 4.69) is 31.9 Å². The Morgan fingerprint density at radius 2 is 0.921 bits per heavy atom. The molecule has 0 aliphatic carbocycles. The summed E-state index contributed by atoms with van der Waals surface area (Å²) in [5, 5.41) is 17.3. The maximum absolute atomic E-state index is 14.3. The fourth-order valence-electron chi connectivity index (χ4n) is 9.56. The van der Waals surface area contributed by atoms with E-state index < -0.39 is 46.8 Å². The topological polar surface area (TPSA) is 222 Å². The molecule has 8 amide bonds. The first kappa shape index (κ1) is 60.2. The molecule has 2 saturated heterocycles. The molecule has 5 rings (SSSR count). The smallest absolute Gasteiger partial charge is 0.251 e. The summed E-state index contributed by atoms with van der Waals surface area (Å²) in [7, 11) is 3.37. The van der Waals surface area contributed by atoms with E-state index in [1.807, 2.05) is 102 Å². The van der Waals surface area contributed by atoms with Crippen LogP contribution in [-0.2, 0) is 41.6 Å². The molecule has 76 heavy (non-hydrogen) atoms. The minimum Gasteiger partial charge on any atom is -0.343 e. The molecule has 6 N–H and O–H groups in total. The summed E-state index contributed by atoms with van der Waals surface area (Å²) in [5.41, 5.74) is 1.14. The summed E-state index contributed by atoms with van der Waals surface area (Å²) in [5.74, 6) is -2.83. The van der Waals surface area contributed by atoms with Crippen LogP contribution in [0.15, 0.2) is 84.9 Å². The lowest BCUT2D eigenvalue weighted by atomic mass is 9.85. The van der Waals surface area contributed by atoms with Gasteiger partial charge in [-0.05, 0) is 107 Å². The Bertz CT molecular complexity index is 2290. The molecule has 0 radical (unpaired) electrons. The molecule has 0 aromatic heterocycles. The molecule has 0 spiro atoms. The van der Waals surface area contributed by atoms with Gasteiger partial charge < -0.3 is 51.5 Å². The molecule has 2 fully saturated rings. The van der Waals surface area contributed by atoms with Crippen molar-refractivity contribution in [2.45, 2.75) is 130 Å². The zero-order valence-electron chi connectivity index (χ0n) is 46.5. The third-order valence-electron chi connectivity index (χ3n) is 14.6. The fraction of sp³-hybridized carbons (Fsp3) is 0.552. The fourth-order valence-corrected chi connectivity index (χ4v) is 9.56. The first-order valence-electron chi connectivity index (χ1n) is 26.9. The van der Waals surface area contributed by atoms with Crippen molar-refractivity contribution in [1.82, 2.24) is 51.5 Å². The van der Waals surface area contributed by atoms with Gasteiger partial charge in [0.25, 0.3) is 11.8 Å².